The van der Waals surface area contributed by atoms with Gasteiger partial charge in [-0.1, -0.05) is 25.7 Å². The van der Waals surface area contributed by atoms with E-state index in [1.165, 1.54) is 44.2 Å². The molecule has 2 nitrogen and oxygen atoms in total. The molecule has 0 amide bonds. The fourth-order valence-corrected chi connectivity index (χ4v) is 2.91. The molecule has 1 saturated carbocycles. The van der Waals surface area contributed by atoms with Crippen LogP contribution < -0.4 is 4.90 Å². The highest BCUT2D eigenvalue weighted by molar-refractivity contribution is 6.17. The van der Waals surface area contributed by atoms with E-state index in [0.29, 0.717) is 11.9 Å². The summed E-state index contributed by atoms with van der Waals surface area (Å²) in [5.74, 6) is 0.542. The van der Waals surface area contributed by atoms with E-state index in [-0.39, 0.29) is 0 Å². The quantitative estimate of drug-likeness (QED) is 0.598. The van der Waals surface area contributed by atoms with Crippen molar-refractivity contribution in [3.05, 3.63) is 24.0 Å². The second kappa shape index (κ2) is 6.25. The van der Waals surface area contributed by atoms with Crippen LogP contribution in [0.4, 0.5) is 5.69 Å². The van der Waals surface area contributed by atoms with Crippen LogP contribution in [0.2, 0.25) is 0 Å². The minimum absolute atomic E-state index is 0.542. The Morgan fingerprint density at radius 2 is 2.00 bits per heavy atom. The summed E-state index contributed by atoms with van der Waals surface area (Å²) in [7, 11) is 2.20. The van der Waals surface area contributed by atoms with Gasteiger partial charge in [0, 0.05) is 36.7 Å². The lowest BCUT2D eigenvalue weighted by molar-refractivity contribution is 0.552. The number of hydrogen-bond donors (Lipinski definition) is 0. The van der Waals surface area contributed by atoms with Gasteiger partial charge in [0.25, 0.3) is 0 Å². The van der Waals surface area contributed by atoms with Crippen molar-refractivity contribution in [1.82, 2.24) is 4.98 Å². The number of nitrogens with zero attached hydrogens (tertiary/aromatic N) is 2. The van der Waals surface area contributed by atoms with Crippen LogP contribution in [0, 0.1) is 0 Å². The van der Waals surface area contributed by atoms with E-state index < -0.39 is 0 Å². The van der Waals surface area contributed by atoms with Crippen molar-refractivity contribution in [1.29, 1.82) is 0 Å². The average Bonchev–Trinajstić information content (AvgIpc) is 2.66. The number of anilines is 1. The van der Waals surface area contributed by atoms with Crippen LogP contribution in [0.25, 0.3) is 0 Å². The van der Waals surface area contributed by atoms with E-state index in [4.69, 9.17) is 11.6 Å². The van der Waals surface area contributed by atoms with Crippen LogP contribution in [-0.4, -0.2) is 18.1 Å². The smallest absolute Gasteiger partial charge is 0.0509 e. The standard InChI is InChI=1S/C14H21ClN2/c1-17(13-6-4-2-3-5-7-13)14-8-9-16-11-12(14)10-15/h8-9,11,13H,2-7,10H2,1H3. The van der Waals surface area contributed by atoms with Gasteiger partial charge in [-0.25, -0.2) is 0 Å². The summed E-state index contributed by atoms with van der Waals surface area (Å²) in [5.41, 5.74) is 2.39. The van der Waals surface area contributed by atoms with Crippen LogP contribution >= 0.6 is 11.6 Å². The number of pyridine rings is 1. The fraction of sp³-hybridized carbons (Fsp3) is 0.643. The van der Waals surface area contributed by atoms with Gasteiger partial charge in [-0.15, -0.1) is 11.6 Å². The van der Waals surface area contributed by atoms with Gasteiger partial charge in [0.05, 0.1) is 5.88 Å². The summed E-state index contributed by atoms with van der Waals surface area (Å²) in [5, 5.41) is 0. The topological polar surface area (TPSA) is 16.1 Å². The molecule has 2 rings (SSSR count). The first-order chi connectivity index (χ1) is 8.33. The Morgan fingerprint density at radius 1 is 1.29 bits per heavy atom. The van der Waals surface area contributed by atoms with Crippen molar-refractivity contribution in [2.24, 2.45) is 0 Å². The molecule has 1 aromatic rings. The highest BCUT2D eigenvalue weighted by atomic mass is 35.5. The van der Waals surface area contributed by atoms with E-state index in [0.717, 1.165) is 5.56 Å². The Kier molecular flexibility index (Phi) is 4.66. The minimum atomic E-state index is 0.542. The lowest BCUT2D eigenvalue weighted by atomic mass is 10.1. The number of aromatic nitrogens is 1. The Balaban J connectivity index is 2.14. The lowest BCUT2D eigenvalue weighted by Crippen LogP contribution is -2.31. The SMILES string of the molecule is CN(c1ccncc1CCl)C1CCCCCC1. The molecule has 0 radical (unpaired) electrons. The maximum atomic E-state index is 5.98. The first-order valence-corrected chi connectivity index (χ1v) is 7.08. The van der Waals surface area contributed by atoms with Crippen molar-refractivity contribution < 1.29 is 0 Å². The molecule has 1 aliphatic rings. The Morgan fingerprint density at radius 3 is 2.65 bits per heavy atom. The second-order valence-corrected chi connectivity index (χ2v) is 5.16. The van der Waals surface area contributed by atoms with E-state index in [1.54, 1.807) is 0 Å². The predicted octanol–water partition coefficient (Wildman–Crippen LogP) is 3.98. The number of hydrogen-bond acceptors (Lipinski definition) is 2. The van der Waals surface area contributed by atoms with Crippen LogP contribution in [0.5, 0.6) is 0 Å². The minimum Gasteiger partial charge on any atom is -0.371 e. The molecule has 3 heteroatoms. The Bertz CT molecular complexity index is 346. The molecule has 1 fully saturated rings. The normalized spacial score (nSPS) is 17.8. The third-order valence-electron chi connectivity index (χ3n) is 3.77. The number of rotatable bonds is 3. The first kappa shape index (κ1) is 12.7. The maximum absolute atomic E-state index is 5.98. The highest BCUT2D eigenvalue weighted by Gasteiger charge is 2.18. The molecule has 0 unspecified atom stereocenters. The molecule has 0 atom stereocenters. The molecular weight excluding hydrogens is 232 g/mol. The summed E-state index contributed by atoms with van der Waals surface area (Å²) in [4.78, 5) is 6.56. The van der Waals surface area contributed by atoms with E-state index in [1.807, 2.05) is 12.4 Å². The highest BCUT2D eigenvalue weighted by Crippen LogP contribution is 2.27. The van der Waals surface area contributed by atoms with Crippen LogP contribution in [-0.2, 0) is 5.88 Å². The van der Waals surface area contributed by atoms with Gasteiger partial charge < -0.3 is 4.90 Å². The largest absolute Gasteiger partial charge is 0.371 e. The van der Waals surface area contributed by atoms with Gasteiger partial charge in [0.15, 0.2) is 0 Å². The predicted molar refractivity (Wildman–Crippen MR) is 73.7 cm³/mol. The summed E-state index contributed by atoms with van der Waals surface area (Å²) < 4.78 is 0. The van der Waals surface area contributed by atoms with Gasteiger partial charge in [-0.3, -0.25) is 4.98 Å². The third kappa shape index (κ3) is 3.12. The summed E-state index contributed by atoms with van der Waals surface area (Å²) in [6, 6.07) is 2.75. The van der Waals surface area contributed by atoms with Crippen molar-refractivity contribution >= 4 is 17.3 Å². The van der Waals surface area contributed by atoms with Crippen LogP contribution in [0.15, 0.2) is 18.5 Å². The summed E-state index contributed by atoms with van der Waals surface area (Å²) >= 11 is 5.98. The summed E-state index contributed by atoms with van der Waals surface area (Å²) in [6.45, 7) is 0. The molecular formula is C14H21ClN2. The van der Waals surface area contributed by atoms with Gasteiger partial charge in [-0.2, -0.15) is 0 Å². The fourth-order valence-electron chi connectivity index (χ4n) is 2.71. The van der Waals surface area contributed by atoms with Crippen LogP contribution in [0.1, 0.15) is 44.1 Å². The van der Waals surface area contributed by atoms with Gasteiger partial charge in [0.2, 0.25) is 0 Å². The molecule has 1 aromatic heterocycles. The van der Waals surface area contributed by atoms with E-state index in [9.17, 15) is 0 Å². The Hall–Kier alpha value is -0.760. The molecule has 1 heterocycles. The lowest BCUT2D eigenvalue weighted by Gasteiger charge is -2.30. The molecule has 0 saturated heterocycles. The summed E-state index contributed by atoms with van der Waals surface area (Å²) in [6.07, 6.45) is 11.9. The molecule has 0 spiro atoms. The number of halogens is 1. The molecule has 17 heavy (non-hydrogen) atoms. The molecule has 0 N–H and O–H groups in total. The zero-order valence-corrected chi connectivity index (χ0v) is 11.3. The monoisotopic (exact) mass is 252 g/mol. The van der Waals surface area contributed by atoms with E-state index in [2.05, 4.69) is 23.0 Å². The zero-order valence-electron chi connectivity index (χ0n) is 10.5. The number of alkyl halides is 1. The first-order valence-electron chi connectivity index (χ1n) is 6.54. The maximum Gasteiger partial charge on any atom is 0.0509 e. The van der Waals surface area contributed by atoms with E-state index >= 15 is 0 Å². The third-order valence-corrected chi connectivity index (χ3v) is 4.06. The molecule has 0 aromatic carbocycles. The molecule has 1 aliphatic carbocycles. The van der Waals surface area contributed by atoms with Gasteiger partial charge in [-0.05, 0) is 18.9 Å². The molecule has 0 bridgehead atoms. The van der Waals surface area contributed by atoms with Crippen molar-refractivity contribution in [2.75, 3.05) is 11.9 Å². The van der Waals surface area contributed by atoms with Crippen LogP contribution in [0.3, 0.4) is 0 Å². The Labute approximate surface area is 109 Å². The van der Waals surface area contributed by atoms with Gasteiger partial charge >= 0.3 is 0 Å². The molecule has 0 aliphatic heterocycles. The molecule has 94 valence electrons. The van der Waals surface area contributed by atoms with Crippen molar-refractivity contribution in [3.8, 4) is 0 Å². The average molecular weight is 253 g/mol. The van der Waals surface area contributed by atoms with Crippen molar-refractivity contribution in [2.45, 2.75) is 50.4 Å². The second-order valence-electron chi connectivity index (χ2n) is 4.89. The zero-order chi connectivity index (χ0) is 12.1. The van der Waals surface area contributed by atoms with Gasteiger partial charge in [0.1, 0.15) is 0 Å². The van der Waals surface area contributed by atoms with Crippen molar-refractivity contribution in [3.63, 3.8) is 0 Å².